The molecule has 0 bridgehead atoms. The Morgan fingerprint density at radius 2 is 1.43 bits per heavy atom. The van der Waals surface area contributed by atoms with Crippen LogP contribution in [-0.2, 0) is 38.2 Å². The maximum atomic E-state index is 12.1. The Bertz CT molecular complexity index is 1180. The van der Waals surface area contributed by atoms with E-state index in [-0.39, 0.29) is 50.5 Å². The molecule has 1 aliphatic heterocycles. The number of nitrogens with zero attached hydrogens (tertiary/aromatic N) is 1. The number of hydrogen-bond acceptors (Lipinski definition) is 10. The number of aliphatic hydroxyl groups is 1. The summed E-state index contributed by atoms with van der Waals surface area (Å²) >= 11 is 0. The fourth-order valence-corrected chi connectivity index (χ4v) is 5.90. The number of esters is 2. The minimum absolute atomic E-state index is 0.0605. The lowest BCUT2D eigenvalue weighted by molar-refractivity contribution is -0.164. The molecule has 5 N–H and O–H groups in total. The van der Waals surface area contributed by atoms with Crippen molar-refractivity contribution in [3.05, 3.63) is 12.2 Å². The van der Waals surface area contributed by atoms with Gasteiger partial charge in [-0.2, -0.15) is 0 Å². The predicted molar refractivity (Wildman–Crippen MR) is 179 cm³/mol. The number of carboxylic acids is 3. The number of nitrogens with one attached hydrogen (secondary N) is 1. The second kappa shape index (κ2) is 19.6. The number of rotatable bonds is 17. The van der Waals surface area contributed by atoms with Crippen molar-refractivity contribution < 1.29 is 58.7 Å². The van der Waals surface area contributed by atoms with Gasteiger partial charge in [-0.05, 0) is 72.1 Å². The molecule has 280 valence electrons. The van der Waals surface area contributed by atoms with E-state index in [4.69, 9.17) is 14.6 Å². The van der Waals surface area contributed by atoms with E-state index in [0.717, 1.165) is 32.1 Å². The summed E-state index contributed by atoms with van der Waals surface area (Å²) in [6.45, 7) is 16.3. The molecule has 2 fully saturated rings. The molecule has 1 heterocycles. The molecule has 1 amide bonds. The number of carboxylic acid groups (broad SMARTS) is 3. The highest BCUT2D eigenvalue weighted by atomic mass is 16.5. The molecule has 0 aromatic rings. The Morgan fingerprint density at radius 1 is 0.898 bits per heavy atom. The van der Waals surface area contributed by atoms with Gasteiger partial charge in [-0.15, -0.1) is 0 Å². The van der Waals surface area contributed by atoms with Crippen LogP contribution >= 0.6 is 0 Å². The molecule has 0 aromatic carbocycles. The molecular weight excluding hydrogens is 640 g/mol. The van der Waals surface area contributed by atoms with E-state index >= 15 is 0 Å². The SMILES string of the molecule is C=C(C)C1CN(C(O)COC(=O)C(C)(C)CC)C(C(=O)O)C1CC(=O)O.CCC(C)(C)C(=O)OCCNC(=O)C(C(=O)O)C1CCCCC1. The van der Waals surface area contributed by atoms with Gasteiger partial charge in [-0.25, -0.2) is 0 Å². The largest absolute Gasteiger partial charge is 0.481 e. The Morgan fingerprint density at radius 3 is 1.88 bits per heavy atom. The standard InChI is InChI=1S/C18H29NO7.C17H29NO5/c1-6-18(4,5)17(25)26-9-13(20)19-8-12(10(2)3)11(7-14(21)22)15(19)16(23)24;1-4-17(2,3)16(22)23-11-10-18-14(19)13(15(20)21)12-8-6-5-7-9-12/h11-13,15,20H,2,6-9H2,1,3-5H3,(H,21,22)(H,23,24);12-13H,4-11H2,1-3H3,(H,18,19)(H,20,21). The average Bonchev–Trinajstić information content (AvgIpc) is 3.41. The van der Waals surface area contributed by atoms with Crippen molar-refractivity contribution in [1.82, 2.24) is 10.2 Å². The number of ether oxygens (including phenoxy) is 2. The Hall–Kier alpha value is -3.52. The van der Waals surface area contributed by atoms with Gasteiger partial charge in [0.1, 0.15) is 31.4 Å². The number of aliphatic hydroxyl groups excluding tert-OH is 1. The molecule has 5 unspecified atom stereocenters. The minimum Gasteiger partial charge on any atom is -0.481 e. The van der Waals surface area contributed by atoms with Crippen molar-refractivity contribution in [2.45, 2.75) is 112 Å². The second-order valence-electron chi connectivity index (χ2n) is 14.4. The summed E-state index contributed by atoms with van der Waals surface area (Å²) in [4.78, 5) is 71.6. The summed E-state index contributed by atoms with van der Waals surface area (Å²) in [5, 5.41) is 41.0. The monoisotopic (exact) mass is 698 g/mol. The summed E-state index contributed by atoms with van der Waals surface area (Å²) in [7, 11) is 0. The van der Waals surface area contributed by atoms with Gasteiger partial charge >= 0.3 is 29.8 Å². The fourth-order valence-electron chi connectivity index (χ4n) is 5.90. The highest BCUT2D eigenvalue weighted by Gasteiger charge is 2.49. The molecule has 14 nitrogen and oxygen atoms in total. The topological polar surface area (TPSA) is 217 Å². The van der Waals surface area contributed by atoms with Gasteiger partial charge in [0.25, 0.3) is 0 Å². The summed E-state index contributed by atoms with van der Waals surface area (Å²) in [5.74, 6) is -6.88. The third-order valence-electron chi connectivity index (χ3n) is 9.91. The molecule has 0 aromatic heterocycles. The smallest absolute Gasteiger partial charge is 0.321 e. The third kappa shape index (κ3) is 13.0. The first-order chi connectivity index (χ1) is 22.7. The van der Waals surface area contributed by atoms with Gasteiger partial charge in [0.05, 0.1) is 23.8 Å². The zero-order valence-electron chi connectivity index (χ0n) is 30.2. The van der Waals surface area contributed by atoms with Crippen molar-refractivity contribution in [1.29, 1.82) is 0 Å². The zero-order chi connectivity index (χ0) is 37.7. The molecule has 2 rings (SSSR count). The van der Waals surface area contributed by atoms with Crippen molar-refractivity contribution in [3.63, 3.8) is 0 Å². The van der Waals surface area contributed by atoms with Crippen molar-refractivity contribution >= 4 is 35.8 Å². The summed E-state index contributed by atoms with van der Waals surface area (Å²) in [5.41, 5.74) is -0.597. The molecule has 0 radical (unpaired) electrons. The molecule has 0 spiro atoms. The van der Waals surface area contributed by atoms with Gasteiger partial charge in [0.2, 0.25) is 5.91 Å². The van der Waals surface area contributed by atoms with Crippen molar-refractivity contribution in [3.8, 4) is 0 Å². The van der Waals surface area contributed by atoms with E-state index in [1.165, 1.54) is 4.90 Å². The van der Waals surface area contributed by atoms with E-state index in [1.807, 2.05) is 13.8 Å². The lowest BCUT2D eigenvalue weighted by Gasteiger charge is -2.29. The van der Waals surface area contributed by atoms with Crippen LogP contribution in [0.15, 0.2) is 12.2 Å². The van der Waals surface area contributed by atoms with E-state index in [0.29, 0.717) is 18.4 Å². The van der Waals surface area contributed by atoms with Gasteiger partial charge in [-0.3, -0.25) is 33.7 Å². The number of aliphatic carboxylic acids is 3. The quantitative estimate of drug-likeness (QED) is 0.0635. The van der Waals surface area contributed by atoms with Crippen LogP contribution < -0.4 is 5.32 Å². The van der Waals surface area contributed by atoms with Crippen molar-refractivity contribution in [2.24, 2.45) is 34.5 Å². The van der Waals surface area contributed by atoms with Crippen LogP contribution in [0.2, 0.25) is 0 Å². The highest BCUT2D eigenvalue weighted by Crippen LogP contribution is 2.38. The van der Waals surface area contributed by atoms with E-state index in [2.05, 4.69) is 11.9 Å². The minimum atomic E-state index is -1.34. The molecule has 2 aliphatic rings. The van der Waals surface area contributed by atoms with Gasteiger partial charge < -0.3 is 35.2 Å². The average molecular weight is 699 g/mol. The number of carbonyl (C=O) groups is 6. The number of likely N-dealkylation sites (tertiary alicyclic amines) is 1. The van der Waals surface area contributed by atoms with E-state index in [1.54, 1.807) is 34.6 Å². The van der Waals surface area contributed by atoms with Gasteiger partial charge in [0.15, 0.2) is 0 Å². The Kier molecular flexibility index (Phi) is 17.4. The van der Waals surface area contributed by atoms with E-state index in [9.17, 15) is 44.1 Å². The lowest BCUT2D eigenvalue weighted by atomic mass is 9.79. The van der Waals surface area contributed by atoms with Crippen LogP contribution in [0.4, 0.5) is 0 Å². The molecule has 1 aliphatic carbocycles. The predicted octanol–water partition coefficient (Wildman–Crippen LogP) is 3.70. The summed E-state index contributed by atoms with van der Waals surface area (Å²) < 4.78 is 10.3. The Labute approximate surface area is 289 Å². The number of hydrogen-bond donors (Lipinski definition) is 5. The maximum absolute atomic E-state index is 12.1. The fraction of sp³-hybridized carbons (Fsp3) is 0.771. The zero-order valence-corrected chi connectivity index (χ0v) is 30.2. The van der Waals surface area contributed by atoms with Crippen LogP contribution in [0.3, 0.4) is 0 Å². The molecule has 14 heteroatoms. The van der Waals surface area contributed by atoms with Crippen LogP contribution in [0.1, 0.15) is 99.8 Å². The number of amides is 1. The molecular formula is C35H58N2O12. The third-order valence-corrected chi connectivity index (χ3v) is 9.91. The first kappa shape index (κ1) is 43.5. The van der Waals surface area contributed by atoms with Crippen LogP contribution in [0.25, 0.3) is 0 Å². The Balaban J connectivity index is 0.000000494. The molecule has 1 saturated heterocycles. The summed E-state index contributed by atoms with van der Waals surface area (Å²) in [6.07, 6.45) is 4.16. The van der Waals surface area contributed by atoms with Crippen LogP contribution in [-0.4, -0.2) is 99.7 Å². The molecule has 5 atom stereocenters. The number of carbonyl (C=O) groups excluding carboxylic acids is 3. The highest BCUT2D eigenvalue weighted by molar-refractivity contribution is 5.97. The van der Waals surface area contributed by atoms with Gasteiger partial charge in [0, 0.05) is 12.5 Å². The van der Waals surface area contributed by atoms with Gasteiger partial charge in [-0.1, -0.05) is 45.3 Å². The van der Waals surface area contributed by atoms with E-state index < -0.39 is 64.7 Å². The lowest BCUT2D eigenvalue weighted by Crippen LogP contribution is -2.48. The normalized spacial score (nSPS) is 21.3. The summed E-state index contributed by atoms with van der Waals surface area (Å²) in [6, 6.07) is -1.19. The maximum Gasteiger partial charge on any atom is 0.321 e. The molecule has 1 saturated carbocycles. The van der Waals surface area contributed by atoms with Crippen LogP contribution in [0, 0.1) is 34.5 Å². The van der Waals surface area contributed by atoms with Crippen molar-refractivity contribution in [2.75, 3.05) is 26.3 Å². The first-order valence-corrected chi connectivity index (χ1v) is 17.1. The second-order valence-corrected chi connectivity index (χ2v) is 14.4. The first-order valence-electron chi connectivity index (χ1n) is 17.1. The van der Waals surface area contributed by atoms with Crippen LogP contribution in [0.5, 0.6) is 0 Å². The molecule has 49 heavy (non-hydrogen) atoms.